The van der Waals surface area contributed by atoms with E-state index in [1.165, 1.54) is 11.1 Å². The van der Waals surface area contributed by atoms with E-state index < -0.39 is 11.4 Å². The molecule has 2 aliphatic rings. The number of aromatic carboxylic acids is 1. The highest BCUT2D eigenvalue weighted by Crippen LogP contribution is 2.66. The summed E-state index contributed by atoms with van der Waals surface area (Å²) in [7, 11) is 0. The van der Waals surface area contributed by atoms with Crippen molar-refractivity contribution in [1.82, 2.24) is 0 Å². The van der Waals surface area contributed by atoms with Crippen LogP contribution in [0.3, 0.4) is 0 Å². The molecule has 0 radical (unpaired) electrons. The molecule has 1 heterocycles. The summed E-state index contributed by atoms with van der Waals surface area (Å²) in [6, 6.07) is 23.3. The summed E-state index contributed by atoms with van der Waals surface area (Å²) in [5, 5.41) is 9.27. The van der Waals surface area contributed by atoms with Crippen LogP contribution in [0.2, 0.25) is 0 Å². The van der Waals surface area contributed by atoms with Gasteiger partial charge in [-0.3, -0.25) is 4.79 Å². The first-order chi connectivity index (χ1) is 14.0. The molecule has 4 nitrogen and oxygen atoms in total. The van der Waals surface area contributed by atoms with Gasteiger partial charge in [0.05, 0.1) is 17.5 Å². The van der Waals surface area contributed by atoms with Crippen LogP contribution in [0.4, 0.5) is 5.69 Å². The smallest absolute Gasteiger partial charge is 0.335 e. The van der Waals surface area contributed by atoms with Gasteiger partial charge >= 0.3 is 5.97 Å². The number of carboxylic acids is 1. The van der Waals surface area contributed by atoms with Gasteiger partial charge in [-0.15, -0.1) is 0 Å². The van der Waals surface area contributed by atoms with E-state index in [1.54, 1.807) is 18.2 Å². The summed E-state index contributed by atoms with van der Waals surface area (Å²) in [5.41, 5.74) is 5.00. The van der Waals surface area contributed by atoms with Crippen molar-refractivity contribution in [2.75, 3.05) is 4.90 Å². The van der Waals surface area contributed by atoms with E-state index in [0.29, 0.717) is 6.54 Å². The Labute approximate surface area is 169 Å². The Hall–Kier alpha value is -3.40. The molecule has 1 aliphatic heterocycles. The van der Waals surface area contributed by atoms with E-state index in [0.717, 1.165) is 23.2 Å². The van der Waals surface area contributed by atoms with Gasteiger partial charge in [0.2, 0.25) is 5.91 Å². The molecule has 1 fully saturated rings. The molecule has 29 heavy (non-hydrogen) atoms. The first kappa shape index (κ1) is 17.7. The molecule has 0 saturated heterocycles. The van der Waals surface area contributed by atoms with Crippen LogP contribution in [-0.4, -0.2) is 17.0 Å². The molecule has 1 spiro atoms. The number of hydrogen-bond donors (Lipinski definition) is 1. The first-order valence-electron chi connectivity index (χ1n) is 9.81. The van der Waals surface area contributed by atoms with Crippen LogP contribution < -0.4 is 4.90 Å². The van der Waals surface area contributed by atoms with E-state index in [2.05, 4.69) is 37.3 Å². The molecule has 0 aromatic heterocycles. The molecular formula is C25H21NO3. The van der Waals surface area contributed by atoms with Crippen LogP contribution >= 0.6 is 0 Å². The number of amides is 1. The average molecular weight is 383 g/mol. The van der Waals surface area contributed by atoms with Gasteiger partial charge in [0.15, 0.2) is 0 Å². The van der Waals surface area contributed by atoms with Crippen molar-refractivity contribution in [2.45, 2.75) is 31.2 Å². The van der Waals surface area contributed by atoms with E-state index in [1.807, 2.05) is 29.2 Å². The van der Waals surface area contributed by atoms with Crippen molar-refractivity contribution in [3.05, 3.63) is 101 Å². The van der Waals surface area contributed by atoms with E-state index in [9.17, 15) is 14.7 Å². The van der Waals surface area contributed by atoms with E-state index in [4.69, 9.17) is 0 Å². The van der Waals surface area contributed by atoms with Crippen LogP contribution in [0.5, 0.6) is 0 Å². The number of carboxylic acid groups (broad SMARTS) is 1. The average Bonchev–Trinajstić information content (AvgIpc) is 3.44. The molecule has 1 aliphatic carbocycles. The lowest BCUT2D eigenvalue weighted by Crippen LogP contribution is -2.32. The minimum atomic E-state index is -0.960. The van der Waals surface area contributed by atoms with Crippen molar-refractivity contribution in [2.24, 2.45) is 0 Å². The quantitative estimate of drug-likeness (QED) is 0.713. The fraction of sp³-hybridized carbons (Fsp3) is 0.200. The minimum absolute atomic E-state index is 0.116. The third kappa shape index (κ3) is 2.67. The maximum absolute atomic E-state index is 13.6. The number of nitrogens with zero attached hydrogens (tertiary/aromatic N) is 1. The third-order valence-electron chi connectivity index (χ3n) is 6.26. The van der Waals surface area contributed by atoms with Crippen molar-refractivity contribution < 1.29 is 14.7 Å². The first-order valence-corrected chi connectivity index (χ1v) is 9.81. The number of anilines is 1. The number of para-hydroxylation sites is 1. The highest BCUT2D eigenvalue weighted by atomic mass is 16.4. The summed E-state index contributed by atoms with van der Waals surface area (Å²) in [5.74, 6) is -0.657. The second-order valence-corrected chi connectivity index (χ2v) is 8.05. The summed E-state index contributed by atoms with van der Waals surface area (Å²) in [6.45, 7) is 2.44. The van der Waals surface area contributed by atoms with Crippen LogP contribution in [0.1, 0.15) is 45.0 Å². The van der Waals surface area contributed by atoms with Gasteiger partial charge in [0, 0.05) is 11.6 Å². The highest BCUT2D eigenvalue weighted by Gasteiger charge is 2.66. The van der Waals surface area contributed by atoms with Gasteiger partial charge < -0.3 is 10.0 Å². The Balaban J connectivity index is 1.51. The van der Waals surface area contributed by atoms with Crippen LogP contribution in [0, 0.1) is 6.92 Å². The van der Waals surface area contributed by atoms with E-state index in [-0.39, 0.29) is 17.4 Å². The standard InChI is InChI=1S/C25H21NO3/c1-16-9-11-18(12-10-16)21-14-25(21)20-7-2-3-8-22(20)26(24(25)29)15-17-5-4-6-19(13-17)23(27)28/h2-13,21H,14-15H2,1H3,(H,27,28)/t21-,25+/m0/s1. The number of benzene rings is 3. The molecule has 1 saturated carbocycles. The fourth-order valence-electron chi connectivity index (χ4n) is 4.69. The lowest BCUT2D eigenvalue weighted by molar-refractivity contribution is -0.120. The molecule has 144 valence electrons. The molecule has 1 N–H and O–H groups in total. The van der Waals surface area contributed by atoms with Gasteiger partial charge in [-0.25, -0.2) is 4.79 Å². The van der Waals surface area contributed by atoms with Crippen molar-refractivity contribution in [3.63, 3.8) is 0 Å². The predicted octanol–water partition coefficient (Wildman–Crippen LogP) is 4.67. The zero-order valence-electron chi connectivity index (χ0n) is 16.1. The Bertz CT molecular complexity index is 1130. The predicted molar refractivity (Wildman–Crippen MR) is 111 cm³/mol. The molecule has 2 atom stereocenters. The second-order valence-electron chi connectivity index (χ2n) is 8.05. The largest absolute Gasteiger partial charge is 0.478 e. The van der Waals surface area contributed by atoms with Crippen molar-refractivity contribution >= 4 is 17.6 Å². The van der Waals surface area contributed by atoms with Gasteiger partial charge in [-0.1, -0.05) is 60.2 Å². The lowest BCUT2D eigenvalue weighted by Gasteiger charge is -2.19. The van der Waals surface area contributed by atoms with Crippen molar-refractivity contribution in [3.8, 4) is 0 Å². The highest BCUT2D eigenvalue weighted by molar-refractivity contribution is 6.11. The number of fused-ring (bicyclic) bond motifs is 2. The molecule has 4 heteroatoms. The second kappa shape index (κ2) is 6.31. The minimum Gasteiger partial charge on any atom is -0.478 e. The molecular weight excluding hydrogens is 362 g/mol. The lowest BCUT2D eigenvalue weighted by atomic mass is 9.92. The summed E-state index contributed by atoms with van der Waals surface area (Å²) in [4.78, 5) is 26.8. The molecule has 1 amide bonds. The van der Waals surface area contributed by atoms with Crippen LogP contribution in [-0.2, 0) is 16.8 Å². The molecule has 3 aromatic carbocycles. The fourth-order valence-corrected chi connectivity index (χ4v) is 4.69. The maximum atomic E-state index is 13.6. The summed E-state index contributed by atoms with van der Waals surface area (Å²) < 4.78 is 0. The number of rotatable bonds is 4. The van der Waals surface area contributed by atoms with Crippen LogP contribution in [0.15, 0.2) is 72.8 Å². The Morgan fingerprint density at radius 3 is 2.59 bits per heavy atom. The summed E-state index contributed by atoms with van der Waals surface area (Å²) in [6.07, 6.45) is 0.817. The zero-order valence-corrected chi connectivity index (χ0v) is 16.1. The maximum Gasteiger partial charge on any atom is 0.335 e. The van der Waals surface area contributed by atoms with Crippen LogP contribution in [0.25, 0.3) is 0 Å². The van der Waals surface area contributed by atoms with Gasteiger partial charge in [-0.05, 0) is 48.2 Å². The number of aryl methyl sites for hydroxylation is 1. The molecule has 0 bridgehead atoms. The van der Waals surface area contributed by atoms with Gasteiger partial charge in [-0.2, -0.15) is 0 Å². The Morgan fingerprint density at radius 1 is 1.07 bits per heavy atom. The topological polar surface area (TPSA) is 57.6 Å². The zero-order chi connectivity index (χ0) is 20.2. The SMILES string of the molecule is Cc1ccc([C@@H]2C[C@]23C(=O)N(Cc2cccc(C(=O)O)c2)c2ccccc23)cc1. The van der Waals surface area contributed by atoms with E-state index >= 15 is 0 Å². The Morgan fingerprint density at radius 2 is 1.83 bits per heavy atom. The molecule has 3 aromatic rings. The van der Waals surface area contributed by atoms with Gasteiger partial charge in [0.25, 0.3) is 0 Å². The number of carbonyl (C=O) groups is 2. The molecule has 0 unspecified atom stereocenters. The van der Waals surface area contributed by atoms with Crippen molar-refractivity contribution in [1.29, 1.82) is 0 Å². The van der Waals surface area contributed by atoms with Gasteiger partial charge in [0.1, 0.15) is 0 Å². The third-order valence-corrected chi connectivity index (χ3v) is 6.26. The number of carbonyl (C=O) groups excluding carboxylic acids is 1. The monoisotopic (exact) mass is 383 g/mol. The Kier molecular flexibility index (Phi) is 3.85. The summed E-state index contributed by atoms with van der Waals surface area (Å²) >= 11 is 0. The number of hydrogen-bond acceptors (Lipinski definition) is 2. The normalized spacial score (nSPS) is 22.0. The molecule has 5 rings (SSSR count).